The predicted molar refractivity (Wildman–Crippen MR) is 94.4 cm³/mol. The molecule has 0 aromatic carbocycles. The fourth-order valence-electron chi connectivity index (χ4n) is 3.01. The number of anilines is 1. The smallest absolute Gasteiger partial charge is 0.481 e. The SMILES string of the molecule is Nc1ncnn2c(C3CC(O)C(COC(=O)OCCCCC(=O)O)O3)ccc12. The number of nitrogens with zero attached hydrogens (tertiary/aromatic N) is 3. The van der Waals surface area contributed by atoms with Crippen LogP contribution in [0.1, 0.15) is 37.5 Å². The minimum absolute atomic E-state index is 0.0207. The minimum atomic E-state index is -0.894. The van der Waals surface area contributed by atoms with Crippen LogP contribution in [0.25, 0.3) is 5.52 Å². The van der Waals surface area contributed by atoms with Crippen molar-refractivity contribution in [3.63, 3.8) is 0 Å². The lowest BCUT2D eigenvalue weighted by atomic mass is 10.1. The van der Waals surface area contributed by atoms with Crippen molar-refractivity contribution < 1.29 is 34.0 Å². The van der Waals surface area contributed by atoms with Crippen LogP contribution in [0.3, 0.4) is 0 Å². The fourth-order valence-corrected chi connectivity index (χ4v) is 3.01. The Morgan fingerprint density at radius 1 is 1.32 bits per heavy atom. The van der Waals surface area contributed by atoms with Crippen molar-refractivity contribution in [1.82, 2.24) is 14.6 Å². The summed E-state index contributed by atoms with van der Waals surface area (Å²) in [5.74, 6) is -0.555. The van der Waals surface area contributed by atoms with E-state index in [1.807, 2.05) is 0 Å². The summed E-state index contributed by atoms with van der Waals surface area (Å²) < 4.78 is 17.3. The highest BCUT2D eigenvalue weighted by Crippen LogP contribution is 2.34. The molecule has 2 aromatic rings. The maximum Gasteiger partial charge on any atom is 0.508 e. The van der Waals surface area contributed by atoms with Crippen molar-refractivity contribution in [1.29, 1.82) is 0 Å². The summed E-state index contributed by atoms with van der Waals surface area (Å²) in [7, 11) is 0. The van der Waals surface area contributed by atoms with Crippen LogP contribution in [0.4, 0.5) is 10.6 Å². The van der Waals surface area contributed by atoms with Gasteiger partial charge in [0.1, 0.15) is 30.7 Å². The normalized spacial score (nSPS) is 21.7. The number of aliphatic hydroxyl groups is 1. The van der Waals surface area contributed by atoms with E-state index in [4.69, 9.17) is 25.1 Å². The van der Waals surface area contributed by atoms with Crippen LogP contribution in [-0.2, 0) is 19.0 Å². The molecule has 1 fully saturated rings. The maximum atomic E-state index is 11.6. The van der Waals surface area contributed by atoms with Gasteiger partial charge in [-0.05, 0) is 25.0 Å². The summed E-state index contributed by atoms with van der Waals surface area (Å²) in [6.45, 7) is -0.0911. The zero-order valence-electron chi connectivity index (χ0n) is 15.1. The molecule has 3 rings (SSSR count). The van der Waals surface area contributed by atoms with Crippen molar-refractivity contribution in [2.75, 3.05) is 18.9 Å². The number of rotatable bonds is 8. The van der Waals surface area contributed by atoms with Gasteiger partial charge in [-0.1, -0.05) is 0 Å². The lowest BCUT2D eigenvalue weighted by Crippen LogP contribution is -2.28. The number of fused-ring (bicyclic) bond motifs is 1. The topological polar surface area (TPSA) is 158 Å². The largest absolute Gasteiger partial charge is 0.508 e. The highest BCUT2D eigenvalue weighted by atomic mass is 16.7. The van der Waals surface area contributed by atoms with Crippen LogP contribution in [0.5, 0.6) is 0 Å². The van der Waals surface area contributed by atoms with Gasteiger partial charge in [0.2, 0.25) is 0 Å². The molecule has 0 radical (unpaired) electrons. The zero-order chi connectivity index (χ0) is 20.1. The number of aromatic nitrogens is 3. The molecule has 1 saturated heterocycles. The summed E-state index contributed by atoms with van der Waals surface area (Å²) in [6.07, 6.45) is -0.333. The number of carbonyl (C=O) groups is 2. The Bertz CT molecular complexity index is 840. The van der Waals surface area contributed by atoms with E-state index in [1.165, 1.54) is 6.33 Å². The molecule has 4 N–H and O–H groups in total. The molecule has 3 atom stereocenters. The molecule has 152 valence electrons. The van der Waals surface area contributed by atoms with Gasteiger partial charge in [0.25, 0.3) is 0 Å². The Morgan fingerprint density at radius 2 is 2.14 bits per heavy atom. The number of hydrogen-bond donors (Lipinski definition) is 3. The van der Waals surface area contributed by atoms with E-state index in [0.29, 0.717) is 36.3 Å². The number of hydrogen-bond acceptors (Lipinski definition) is 9. The molecule has 1 aliphatic heterocycles. The van der Waals surface area contributed by atoms with E-state index >= 15 is 0 Å². The average molecular weight is 394 g/mol. The van der Waals surface area contributed by atoms with E-state index in [1.54, 1.807) is 16.6 Å². The maximum absolute atomic E-state index is 11.6. The molecule has 3 unspecified atom stereocenters. The van der Waals surface area contributed by atoms with Crippen LogP contribution in [-0.4, -0.2) is 62.4 Å². The fraction of sp³-hybridized carbons (Fsp3) is 0.529. The number of carboxylic acids is 1. The highest BCUT2D eigenvalue weighted by molar-refractivity contribution is 5.66. The van der Waals surface area contributed by atoms with Crippen LogP contribution in [0.2, 0.25) is 0 Å². The standard InChI is InChI=1S/C17H22N4O7/c18-16-11-5-4-10(21(11)20-9-19-16)13-7-12(22)14(28-13)8-27-17(25)26-6-2-1-3-15(23)24/h4-5,9,12-14,22H,1-3,6-8H2,(H,23,24)(H2,18,19,20). The number of unbranched alkanes of at least 4 members (excludes halogenated alkanes) is 1. The van der Waals surface area contributed by atoms with E-state index in [-0.39, 0.29) is 19.6 Å². The molecule has 11 heteroatoms. The van der Waals surface area contributed by atoms with E-state index in [2.05, 4.69) is 10.1 Å². The molecular weight excluding hydrogens is 372 g/mol. The lowest BCUT2D eigenvalue weighted by Gasteiger charge is -2.15. The first kappa shape index (κ1) is 19.8. The Kier molecular flexibility index (Phi) is 6.26. The molecule has 1 aliphatic rings. The number of nitrogens with two attached hydrogens (primary N) is 1. The second-order valence-corrected chi connectivity index (χ2v) is 6.43. The number of ether oxygens (including phenoxy) is 3. The lowest BCUT2D eigenvalue weighted by molar-refractivity contribution is -0.137. The molecule has 0 aliphatic carbocycles. The predicted octanol–water partition coefficient (Wildman–Crippen LogP) is 0.911. The number of carboxylic acid groups (broad SMARTS) is 1. The minimum Gasteiger partial charge on any atom is -0.481 e. The summed E-state index contributed by atoms with van der Waals surface area (Å²) in [4.78, 5) is 25.9. The van der Waals surface area contributed by atoms with Crippen molar-refractivity contribution in [2.24, 2.45) is 0 Å². The van der Waals surface area contributed by atoms with Gasteiger partial charge in [0.05, 0.1) is 18.4 Å². The van der Waals surface area contributed by atoms with Gasteiger partial charge in [0.15, 0.2) is 5.82 Å². The van der Waals surface area contributed by atoms with Crippen molar-refractivity contribution >= 4 is 23.5 Å². The molecule has 11 nitrogen and oxygen atoms in total. The van der Waals surface area contributed by atoms with Gasteiger partial charge in [-0.15, -0.1) is 0 Å². The first-order chi connectivity index (χ1) is 13.5. The number of aliphatic carboxylic acids is 1. The summed E-state index contributed by atoms with van der Waals surface area (Å²) in [5, 5.41) is 22.9. The van der Waals surface area contributed by atoms with Crippen LogP contribution < -0.4 is 5.73 Å². The third-order valence-electron chi connectivity index (χ3n) is 4.44. The second-order valence-electron chi connectivity index (χ2n) is 6.43. The molecular formula is C17H22N4O7. The van der Waals surface area contributed by atoms with E-state index in [9.17, 15) is 14.7 Å². The number of nitrogen functional groups attached to an aromatic ring is 1. The van der Waals surface area contributed by atoms with E-state index < -0.39 is 30.4 Å². The second kappa shape index (κ2) is 8.85. The average Bonchev–Trinajstić information content (AvgIpc) is 3.23. The molecule has 2 aromatic heterocycles. The zero-order valence-corrected chi connectivity index (χ0v) is 15.1. The Hall–Kier alpha value is -2.92. The third kappa shape index (κ3) is 4.67. The van der Waals surface area contributed by atoms with Crippen LogP contribution >= 0.6 is 0 Å². The Balaban J connectivity index is 1.47. The van der Waals surface area contributed by atoms with Crippen molar-refractivity contribution in [2.45, 2.75) is 44.0 Å². The quantitative estimate of drug-likeness (QED) is 0.434. The summed E-state index contributed by atoms with van der Waals surface area (Å²) >= 11 is 0. The number of carbonyl (C=O) groups excluding carboxylic acids is 1. The Morgan fingerprint density at radius 3 is 2.93 bits per heavy atom. The summed E-state index contributed by atoms with van der Waals surface area (Å²) in [5.41, 5.74) is 7.17. The van der Waals surface area contributed by atoms with Gasteiger partial charge in [0, 0.05) is 12.8 Å². The monoisotopic (exact) mass is 394 g/mol. The highest BCUT2D eigenvalue weighted by Gasteiger charge is 2.37. The van der Waals surface area contributed by atoms with Crippen LogP contribution in [0.15, 0.2) is 18.5 Å². The van der Waals surface area contributed by atoms with E-state index in [0.717, 1.165) is 0 Å². The molecule has 0 spiro atoms. The van der Waals surface area contributed by atoms with Crippen molar-refractivity contribution in [3.05, 3.63) is 24.2 Å². The van der Waals surface area contributed by atoms with Crippen molar-refractivity contribution in [3.8, 4) is 0 Å². The van der Waals surface area contributed by atoms with Gasteiger partial charge >= 0.3 is 12.1 Å². The van der Waals surface area contributed by atoms with Gasteiger partial charge in [-0.3, -0.25) is 4.79 Å². The summed E-state index contributed by atoms with van der Waals surface area (Å²) in [6, 6.07) is 3.57. The molecule has 0 bridgehead atoms. The molecule has 0 amide bonds. The van der Waals surface area contributed by atoms with Gasteiger partial charge < -0.3 is 30.2 Å². The van der Waals surface area contributed by atoms with Gasteiger partial charge in [-0.2, -0.15) is 5.10 Å². The molecule has 0 saturated carbocycles. The van der Waals surface area contributed by atoms with Crippen LogP contribution in [0, 0.1) is 0 Å². The Labute approximate surface area is 160 Å². The van der Waals surface area contributed by atoms with Gasteiger partial charge in [-0.25, -0.2) is 14.3 Å². The molecule has 3 heterocycles. The third-order valence-corrected chi connectivity index (χ3v) is 4.44. The molecule has 28 heavy (non-hydrogen) atoms. The first-order valence-corrected chi connectivity index (χ1v) is 8.88. The first-order valence-electron chi connectivity index (χ1n) is 8.88. The number of aliphatic hydroxyl groups excluding tert-OH is 1.